The van der Waals surface area contributed by atoms with E-state index in [1.807, 2.05) is 0 Å². The molecule has 0 amide bonds. The minimum Gasteiger partial charge on any atom is -0.418 e. The minimum absolute atomic E-state index is 0.0525. The molecule has 22 heteroatoms. The maximum absolute atomic E-state index is 8.35. The first-order valence-electron chi connectivity index (χ1n) is 18.9. The Bertz CT molecular complexity index is 724. The van der Waals surface area contributed by atoms with Crippen LogP contribution in [-0.2, 0) is 94.5 Å². The van der Waals surface area contributed by atoms with Crippen molar-refractivity contribution < 1.29 is 99.6 Å². The molecule has 0 heterocycles. The average Bonchev–Trinajstić information content (AvgIpc) is 3.45. The molecule has 0 aliphatic carbocycles. The second kappa shape index (κ2) is 176. The van der Waals surface area contributed by atoms with Crippen LogP contribution in [0.15, 0.2) is 223 Å². The summed E-state index contributed by atoms with van der Waals surface area (Å²) in [7, 11) is -2.86. The Morgan fingerprint density at radius 2 is 0.643 bits per heavy atom. The third-order valence-corrected chi connectivity index (χ3v) is 7.77. The van der Waals surface area contributed by atoms with Crippen molar-refractivity contribution in [1.82, 2.24) is 0 Å². The van der Waals surface area contributed by atoms with Gasteiger partial charge in [-0.1, -0.05) is 19.6 Å². The molecule has 20 nitrogen and oxygen atoms in total. The third kappa shape index (κ3) is 209. The summed E-state index contributed by atoms with van der Waals surface area (Å²) in [5.41, 5.74) is 0.575. The van der Waals surface area contributed by atoms with Crippen LogP contribution in [0.2, 0.25) is 44.8 Å². The van der Waals surface area contributed by atoms with Crippen molar-refractivity contribution in [1.29, 1.82) is 0 Å². The van der Waals surface area contributed by atoms with E-state index in [0.717, 1.165) is 25.7 Å². The van der Waals surface area contributed by atoms with E-state index >= 15 is 0 Å². The van der Waals surface area contributed by atoms with Gasteiger partial charge in [0.05, 0.1) is 13.2 Å². The van der Waals surface area contributed by atoms with E-state index in [4.69, 9.17) is 14.3 Å². The first-order chi connectivity index (χ1) is 34.2. The van der Waals surface area contributed by atoms with Crippen LogP contribution in [0, 0.1) is 0 Å². The summed E-state index contributed by atoms with van der Waals surface area (Å²) in [6.07, 6.45) is 4.06. The van der Waals surface area contributed by atoms with E-state index < -0.39 is 16.4 Å². The summed E-state index contributed by atoms with van der Waals surface area (Å²) >= 11 is 0. The molecule has 0 saturated carbocycles. The van der Waals surface area contributed by atoms with Crippen LogP contribution in [0.4, 0.5) is 0 Å². The van der Waals surface area contributed by atoms with Crippen LogP contribution < -0.4 is 0 Å². The van der Waals surface area contributed by atoms with E-state index in [0.29, 0.717) is 12.1 Å². The predicted octanol–water partition coefficient (Wildman–Crippen LogP) is 15.6. The molecule has 0 radical (unpaired) electrons. The lowest BCUT2D eigenvalue weighted by molar-refractivity contribution is -0.886. The number of hydrogen-bond acceptors (Lipinski definition) is 20. The van der Waals surface area contributed by atoms with Gasteiger partial charge in [0.25, 0.3) is 0 Å². The van der Waals surface area contributed by atoms with Crippen LogP contribution in [-0.4, -0.2) is 54.5 Å². The summed E-state index contributed by atoms with van der Waals surface area (Å²) in [6.45, 7) is 111. The fourth-order valence-electron chi connectivity index (χ4n) is 2.07. The molecule has 1 atom stereocenters. The van der Waals surface area contributed by atoms with Gasteiger partial charge in [-0.25, -0.2) is 4.89 Å². The van der Waals surface area contributed by atoms with Gasteiger partial charge in [-0.15, -0.1) is 211 Å². The van der Waals surface area contributed by atoms with Crippen LogP contribution in [0.3, 0.4) is 0 Å². The molecule has 0 aliphatic rings. The summed E-state index contributed by atoms with van der Waals surface area (Å²) < 4.78 is 11.6. The van der Waals surface area contributed by atoms with Crippen molar-refractivity contribution in [2.45, 2.75) is 57.7 Å². The zero-order valence-corrected chi connectivity index (χ0v) is 46.5. The lowest BCUT2D eigenvalue weighted by Gasteiger charge is -2.31. The normalized spacial score (nSPS) is 8.21. The maximum atomic E-state index is 8.35. The molecule has 0 aromatic rings. The van der Waals surface area contributed by atoms with Crippen molar-refractivity contribution in [2.75, 3.05) is 33.0 Å². The highest BCUT2D eigenvalue weighted by molar-refractivity contribution is 6.77. The zero-order valence-electron chi connectivity index (χ0n) is 44.5. The summed E-state index contributed by atoms with van der Waals surface area (Å²) in [5, 5.41) is 64.6. The van der Waals surface area contributed by atoms with Crippen LogP contribution in [0.1, 0.15) is 12.8 Å². The smallest absolute Gasteiger partial charge is 0.183 e. The molecular weight excluding hydrogens is 953 g/mol. The molecule has 70 heavy (non-hydrogen) atoms. The number of hydrogen-bond donors (Lipinski definition) is 1. The van der Waals surface area contributed by atoms with Crippen molar-refractivity contribution >= 4 is 16.4 Å². The van der Waals surface area contributed by atoms with Crippen molar-refractivity contribution in [3.05, 3.63) is 223 Å². The lowest BCUT2D eigenvalue weighted by atomic mass is 10.2. The second-order valence-corrected chi connectivity index (χ2v) is 18.8. The SMILES string of the molecule is C=C.C=C.C=C.C=C.C=C.C=C.C=C.C=C.C=C.C=C.C=C.C=C.C=C.C=C.C=C.C=C.C[Si](C)(C)OCC(CCCOCCOOOOOOOOOOOOOOOOO/C=C\CO)[Si](C)(C)C. The number of aliphatic hydroxyl groups excluding tert-OH is 1. The Kier molecular flexibility index (Phi) is 290. The highest BCUT2D eigenvalue weighted by atomic mass is 28.4. The molecule has 0 aromatic carbocycles. The van der Waals surface area contributed by atoms with E-state index in [9.17, 15) is 0 Å². The Morgan fingerprint density at radius 3 is 0.900 bits per heavy atom. The second-order valence-electron chi connectivity index (χ2n) is 8.73. The fraction of sp³-hybridized carbons (Fsp3) is 0.292. The molecule has 0 aromatic heterocycles. The van der Waals surface area contributed by atoms with Gasteiger partial charge < -0.3 is 19.2 Å². The van der Waals surface area contributed by atoms with Gasteiger partial charge in [0.2, 0.25) is 0 Å². The van der Waals surface area contributed by atoms with Gasteiger partial charge in [0.15, 0.2) is 8.32 Å². The molecule has 420 valence electrons. The molecule has 0 saturated heterocycles. The standard InChI is InChI=1S/C16H36O20Si2.16C2H4/c1-37(2,3)16(15-21-38(4,5)6)9-7-11-18-13-14-20-23-25-27-29-31-33-35-36-34-32-30-28-26-24-22-19-12-8-10-17;16*1-2/h8,12,16-17H,7,9-11,13-15H2,1-6H3;16*1-2H2/b12-8-;;;;;;;;;;;;;;;;. The maximum Gasteiger partial charge on any atom is 0.183 e. The first kappa shape index (κ1) is 116. The van der Waals surface area contributed by atoms with Crippen LogP contribution in [0.25, 0.3) is 0 Å². The summed E-state index contributed by atoms with van der Waals surface area (Å²) in [6, 6.07) is 0. The van der Waals surface area contributed by atoms with Gasteiger partial charge in [-0.3, -0.25) is 0 Å². The van der Waals surface area contributed by atoms with Gasteiger partial charge in [-0.05, 0) is 79.4 Å². The van der Waals surface area contributed by atoms with E-state index in [2.05, 4.69) is 335 Å². The van der Waals surface area contributed by atoms with E-state index in [1.54, 1.807) is 0 Å². The molecule has 0 fully saturated rings. The Labute approximate surface area is 428 Å². The monoisotopic (exact) mass is 1050 g/mol. The van der Waals surface area contributed by atoms with Crippen molar-refractivity contribution in [3.63, 3.8) is 0 Å². The lowest BCUT2D eigenvalue weighted by Crippen LogP contribution is -2.36. The van der Waals surface area contributed by atoms with Gasteiger partial charge in [0, 0.05) is 61.6 Å². The van der Waals surface area contributed by atoms with Gasteiger partial charge >= 0.3 is 0 Å². The van der Waals surface area contributed by atoms with E-state index in [1.165, 1.54) is 6.08 Å². The quantitative estimate of drug-likeness (QED) is 0.0185. The van der Waals surface area contributed by atoms with Crippen molar-refractivity contribution in [3.8, 4) is 0 Å². The van der Waals surface area contributed by atoms with Gasteiger partial charge in [-0.2, -0.15) is 0 Å². The highest BCUT2D eigenvalue weighted by Crippen LogP contribution is 2.28. The number of rotatable bonds is 29. The number of ether oxygens (including phenoxy) is 1. The average molecular weight is 1050 g/mol. The molecule has 0 bridgehead atoms. The number of aliphatic hydroxyl groups is 1. The largest absolute Gasteiger partial charge is 0.418 e. The molecule has 1 N–H and O–H groups in total. The summed E-state index contributed by atoms with van der Waals surface area (Å²) in [5.74, 6) is 0. The minimum atomic E-state index is -1.53. The molecule has 1 unspecified atom stereocenters. The van der Waals surface area contributed by atoms with Crippen LogP contribution in [0.5, 0.6) is 0 Å². The fourth-order valence-corrected chi connectivity index (χ4v) is 4.59. The topological polar surface area (TPSA) is 196 Å². The molecule has 0 spiro atoms. The van der Waals surface area contributed by atoms with E-state index in [-0.39, 0.29) is 19.8 Å². The van der Waals surface area contributed by atoms with Crippen molar-refractivity contribution in [2.24, 2.45) is 0 Å². The Hall–Kier alpha value is -4.95. The van der Waals surface area contributed by atoms with Crippen LogP contribution >= 0.6 is 0 Å². The zero-order chi connectivity index (χ0) is 60.4. The first-order valence-corrected chi connectivity index (χ1v) is 25.9. The molecular formula is C48H100O20Si2. The predicted molar refractivity (Wildman–Crippen MR) is 296 cm³/mol. The highest BCUT2D eigenvalue weighted by Gasteiger charge is 2.28. The van der Waals surface area contributed by atoms with Gasteiger partial charge in [0.1, 0.15) is 12.9 Å². The summed E-state index contributed by atoms with van der Waals surface area (Å²) in [4.78, 5) is 8.72. The molecule has 0 rings (SSSR count). The molecule has 0 aliphatic heterocycles. The Balaban J connectivity index is -0.0000000492. The third-order valence-electron chi connectivity index (χ3n) is 3.83. The Morgan fingerprint density at radius 1 is 0.371 bits per heavy atom.